The van der Waals surface area contributed by atoms with Crippen molar-refractivity contribution in [2.24, 2.45) is 0 Å². The van der Waals surface area contributed by atoms with Gasteiger partial charge in [-0.05, 0) is 24.0 Å². The summed E-state index contributed by atoms with van der Waals surface area (Å²) in [6, 6.07) is 7.40. The molecule has 0 saturated heterocycles. The fourth-order valence-corrected chi connectivity index (χ4v) is 3.21. The van der Waals surface area contributed by atoms with E-state index in [-0.39, 0.29) is 0 Å². The van der Waals surface area contributed by atoms with Gasteiger partial charge >= 0.3 is 0 Å². The van der Waals surface area contributed by atoms with Gasteiger partial charge < -0.3 is 4.90 Å². The molecule has 1 heteroatoms. The Morgan fingerprint density at radius 2 is 2.12 bits per heavy atom. The van der Waals surface area contributed by atoms with Gasteiger partial charge in [-0.3, -0.25) is 0 Å². The lowest BCUT2D eigenvalue weighted by molar-refractivity contribution is 0.744. The van der Waals surface area contributed by atoms with Crippen LogP contribution in [-0.2, 0) is 6.42 Å². The van der Waals surface area contributed by atoms with Crippen LogP contribution in [0.3, 0.4) is 0 Å². The minimum Gasteiger partial charge on any atom is -0.363 e. The maximum absolute atomic E-state index is 2.60. The normalized spacial score (nSPS) is 22.6. The number of nitrogens with zero attached hydrogens (tertiary/aromatic N) is 1. The highest BCUT2D eigenvalue weighted by molar-refractivity contribution is 5.92. The van der Waals surface area contributed by atoms with E-state index >= 15 is 0 Å². The molecular formula is C16H19N. The lowest BCUT2D eigenvalue weighted by Gasteiger charge is -2.24. The molecule has 17 heavy (non-hydrogen) atoms. The Kier molecular flexibility index (Phi) is 2.54. The van der Waals surface area contributed by atoms with E-state index in [1.54, 1.807) is 5.56 Å². The van der Waals surface area contributed by atoms with Crippen LogP contribution >= 0.6 is 0 Å². The zero-order valence-corrected chi connectivity index (χ0v) is 10.6. The summed E-state index contributed by atoms with van der Waals surface area (Å²) in [5.41, 5.74) is 6.09. The zero-order chi connectivity index (χ0) is 11.8. The van der Waals surface area contributed by atoms with Crippen molar-refractivity contribution in [1.29, 1.82) is 0 Å². The van der Waals surface area contributed by atoms with E-state index in [1.807, 2.05) is 13.8 Å². The van der Waals surface area contributed by atoms with Crippen molar-refractivity contribution < 1.29 is 0 Å². The highest BCUT2D eigenvalue weighted by Gasteiger charge is 2.37. The third kappa shape index (κ3) is 1.38. The van der Waals surface area contributed by atoms with Gasteiger partial charge in [0.05, 0.1) is 6.04 Å². The van der Waals surface area contributed by atoms with Crippen molar-refractivity contribution in [2.45, 2.75) is 32.7 Å². The van der Waals surface area contributed by atoms with Crippen LogP contribution in [0.4, 0.5) is 5.69 Å². The predicted octanol–water partition coefficient (Wildman–Crippen LogP) is 3.80. The van der Waals surface area contributed by atoms with Gasteiger partial charge in [0.25, 0.3) is 0 Å². The van der Waals surface area contributed by atoms with E-state index in [0.717, 1.165) is 0 Å². The number of hydrogen-bond donors (Lipinski definition) is 0. The Hall–Kier alpha value is -1.50. The first-order valence-corrected chi connectivity index (χ1v) is 6.71. The Balaban J connectivity index is 0.000000431. The van der Waals surface area contributed by atoms with Crippen molar-refractivity contribution in [1.82, 2.24) is 0 Å². The van der Waals surface area contributed by atoms with E-state index in [0.29, 0.717) is 6.04 Å². The second kappa shape index (κ2) is 4.06. The second-order valence-electron chi connectivity index (χ2n) is 4.56. The molecule has 0 spiro atoms. The smallest absolute Gasteiger partial charge is 0.0584 e. The van der Waals surface area contributed by atoms with E-state index in [4.69, 9.17) is 0 Å². The first-order chi connectivity index (χ1) is 8.45. The minimum atomic E-state index is 0.633. The highest BCUT2D eigenvalue weighted by Crippen LogP contribution is 2.47. The average molecular weight is 225 g/mol. The van der Waals surface area contributed by atoms with Gasteiger partial charge in [0.1, 0.15) is 0 Å². The number of anilines is 1. The van der Waals surface area contributed by atoms with Crippen LogP contribution in [0.5, 0.6) is 0 Å². The third-order valence-corrected chi connectivity index (χ3v) is 3.85. The molecule has 1 aromatic carbocycles. The molecule has 1 aliphatic carbocycles. The fourth-order valence-electron chi connectivity index (χ4n) is 3.21. The van der Waals surface area contributed by atoms with Crippen molar-refractivity contribution in [2.75, 3.05) is 11.4 Å². The first-order valence-electron chi connectivity index (χ1n) is 6.71. The van der Waals surface area contributed by atoms with Crippen molar-refractivity contribution >= 4 is 11.3 Å². The van der Waals surface area contributed by atoms with Gasteiger partial charge in [0, 0.05) is 17.8 Å². The fraction of sp³-hybridized carbons (Fsp3) is 0.375. The van der Waals surface area contributed by atoms with Gasteiger partial charge in [0.2, 0.25) is 0 Å². The standard InChI is InChI=1S/C14H13N.C2H6/c1-2-7-13-11(5-1)12-6-3-4-10-8-9-15(13)14(10)12;1-2/h1-6,13H,7-9H2;1-2H3. The number of allylic oxidation sites excluding steroid dienone is 2. The highest BCUT2D eigenvalue weighted by atomic mass is 15.2. The average Bonchev–Trinajstić information content (AvgIpc) is 2.98. The molecule has 88 valence electrons. The molecule has 0 fully saturated rings. The van der Waals surface area contributed by atoms with Gasteiger partial charge in [-0.15, -0.1) is 0 Å². The molecule has 0 bridgehead atoms. The van der Waals surface area contributed by atoms with E-state index < -0.39 is 0 Å². The lowest BCUT2D eigenvalue weighted by Crippen LogP contribution is -2.30. The maximum Gasteiger partial charge on any atom is 0.0584 e. The van der Waals surface area contributed by atoms with Crippen LogP contribution in [0.25, 0.3) is 5.57 Å². The summed E-state index contributed by atoms with van der Waals surface area (Å²) in [5.74, 6) is 0. The van der Waals surface area contributed by atoms with Crippen LogP contribution in [-0.4, -0.2) is 12.6 Å². The summed E-state index contributed by atoms with van der Waals surface area (Å²) in [6.07, 6.45) is 9.20. The Morgan fingerprint density at radius 3 is 3.00 bits per heavy atom. The molecule has 0 aromatic heterocycles. The minimum absolute atomic E-state index is 0.633. The molecule has 1 atom stereocenters. The molecule has 1 unspecified atom stereocenters. The van der Waals surface area contributed by atoms with Crippen molar-refractivity contribution in [3.05, 3.63) is 47.6 Å². The monoisotopic (exact) mass is 225 g/mol. The molecule has 0 saturated carbocycles. The van der Waals surface area contributed by atoms with E-state index in [1.165, 1.54) is 36.2 Å². The summed E-state index contributed by atoms with van der Waals surface area (Å²) in [5, 5.41) is 0. The SMILES string of the molecule is C1=CCC2C(=C1)c1cccc3c1N2CC3.CC. The van der Waals surface area contributed by atoms with Gasteiger partial charge in [-0.2, -0.15) is 0 Å². The molecule has 2 heterocycles. The van der Waals surface area contributed by atoms with Crippen LogP contribution in [0.1, 0.15) is 31.4 Å². The van der Waals surface area contributed by atoms with Crippen molar-refractivity contribution in [3.63, 3.8) is 0 Å². The largest absolute Gasteiger partial charge is 0.363 e. The van der Waals surface area contributed by atoms with E-state index in [2.05, 4.69) is 41.3 Å². The Bertz CT molecular complexity index is 496. The Labute approximate surface area is 103 Å². The van der Waals surface area contributed by atoms with E-state index in [9.17, 15) is 0 Å². The summed E-state index contributed by atoms with van der Waals surface area (Å²) < 4.78 is 0. The quantitative estimate of drug-likeness (QED) is 0.649. The van der Waals surface area contributed by atoms with Crippen LogP contribution < -0.4 is 4.90 Å². The molecule has 3 aliphatic rings. The van der Waals surface area contributed by atoms with Crippen molar-refractivity contribution in [3.8, 4) is 0 Å². The molecule has 0 N–H and O–H groups in total. The molecule has 0 radical (unpaired) electrons. The topological polar surface area (TPSA) is 3.24 Å². The Morgan fingerprint density at radius 1 is 1.24 bits per heavy atom. The summed E-state index contributed by atoms with van der Waals surface area (Å²) in [4.78, 5) is 2.60. The maximum atomic E-state index is 2.60. The summed E-state index contributed by atoms with van der Waals surface area (Å²) in [6.45, 7) is 5.21. The molecule has 2 aliphatic heterocycles. The van der Waals surface area contributed by atoms with Gasteiger partial charge in [-0.1, -0.05) is 50.3 Å². The second-order valence-corrected chi connectivity index (χ2v) is 4.56. The molecule has 4 rings (SSSR count). The first kappa shape index (κ1) is 10.6. The predicted molar refractivity (Wildman–Crippen MR) is 74.4 cm³/mol. The third-order valence-electron chi connectivity index (χ3n) is 3.85. The molecule has 1 aromatic rings. The van der Waals surface area contributed by atoms with Gasteiger partial charge in [-0.25, -0.2) is 0 Å². The molecule has 1 nitrogen and oxygen atoms in total. The molecular weight excluding hydrogens is 206 g/mol. The number of rotatable bonds is 0. The van der Waals surface area contributed by atoms with Gasteiger partial charge in [0.15, 0.2) is 0 Å². The summed E-state index contributed by atoms with van der Waals surface area (Å²) in [7, 11) is 0. The zero-order valence-electron chi connectivity index (χ0n) is 10.6. The summed E-state index contributed by atoms with van der Waals surface area (Å²) >= 11 is 0. The van der Waals surface area contributed by atoms with Crippen LogP contribution in [0.2, 0.25) is 0 Å². The lowest BCUT2D eigenvalue weighted by atomic mass is 9.94. The molecule has 0 amide bonds. The van der Waals surface area contributed by atoms with Crippen LogP contribution in [0, 0.1) is 0 Å². The number of para-hydroxylation sites is 1. The number of hydrogen-bond acceptors (Lipinski definition) is 1. The number of benzene rings is 1. The number of fused-ring (bicyclic) bond motifs is 3. The van der Waals surface area contributed by atoms with Crippen LogP contribution in [0.15, 0.2) is 36.4 Å².